The SMILES string of the molecule is CCOc1ccc(NC(=S)Nc2ccc(OCC)cc2)cc1.[H-].[H-].[Sr+2].[Ti]. The fourth-order valence-corrected chi connectivity index (χ4v) is 2.13. The maximum Gasteiger partial charge on any atom is 2.00 e. The van der Waals surface area contributed by atoms with E-state index in [1.807, 2.05) is 62.4 Å². The van der Waals surface area contributed by atoms with Crippen molar-refractivity contribution in [2.24, 2.45) is 0 Å². The molecule has 0 radical (unpaired) electrons. The summed E-state index contributed by atoms with van der Waals surface area (Å²) in [5, 5.41) is 6.80. The van der Waals surface area contributed by atoms with Gasteiger partial charge in [0.05, 0.1) is 13.2 Å². The number of rotatable bonds is 6. The summed E-state index contributed by atoms with van der Waals surface area (Å²) >= 11 is 5.30. The van der Waals surface area contributed by atoms with Crippen LogP contribution < -0.4 is 20.1 Å². The van der Waals surface area contributed by atoms with Gasteiger partial charge in [-0.3, -0.25) is 0 Å². The third-order valence-electron chi connectivity index (χ3n) is 2.85. The quantitative estimate of drug-likeness (QED) is 0.508. The second-order valence-corrected chi connectivity index (χ2v) is 4.90. The van der Waals surface area contributed by atoms with Gasteiger partial charge in [-0.05, 0) is 74.6 Å². The van der Waals surface area contributed by atoms with E-state index >= 15 is 0 Å². The molecule has 0 aliphatic rings. The minimum absolute atomic E-state index is 0. The van der Waals surface area contributed by atoms with E-state index in [2.05, 4.69) is 10.6 Å². The van der Waals surface area contributed by atoms with Crippen LogP contribution in [0.1, 0.15) is 16.7 Å². The molecule has 2 aromatic carbocycles. The topological polar surface area (TPSA) is 42.5 Å². The summed E-state index contributed by atoms with van der Waals surface area (Å²) in [5.41, 5.74) is 1.82. The Hall–Kier alpha value is -0.0752. The summed E-state index contributed by atoms with van der Waals surface area (Å²) < 4.78 is 10.8. The Kier molecular flexibility index (Phi) is 13.1. The van der Waals surface area contributed by atoms with Crippen LogP contribution in [-0.2, 0) is 21.7 Å². The van der Waals surface area contributed by atoms with Crippen molar-refractivity contribution in [1.82, 2.24) is 0 Å². The summed E-state index contributed by atoms with van der Waals surface area (Å²) in [6.07, 6.45) is 0. The summed E-state index contributed by atoms with van der Waals surface area (Å²) in [4.78, 5) is 0. The average Bonchev–Trinajstić information content (AvgIpc) is 2.52. The van der Waals surface area contributed by atoms with Gasteiger partial charge in [0, 0.05) is 33.1 Å². The van der Waals surface area contributed by atoms with E-state index in [0.717, 1.165) is 22.9 Å². The van der Waals surface area contributed by atoms with Gasteiger partial charge in [0.1, 0.15) is 11.5 Å². The van der Waals surface area contributed by atoms with Gasteiger partial charge >= 0.3 is 45.5 Å². The number of nitrogens with one attached hydrogen (secondary N) is 2. The molecule has 0 aliphatic heterocycles. The molecule has 0 aromatic heterocycles. The first-order valence-corrected chi connectivity index (χ1v) is 7.65. The zero-order valence-electron chi connectivity index (χ0n) is 16.0. The van der Waals surface area contributed by atoms with Crippen molar-refractivity contribution in [3.05, 3.63) is 48.5 Å². The van der Waals surface area contributed by atoms with Crippen LogP contribution in [0.25, 0.3) is 0 Å². The van der Waals surface area contributed by atoms with Crippen LogP contribution in [0, 0.1) is 0 Å². The normalized spacial score (nSPS) is 9.08. The molecule has 2 aromatic rings. The van der Waals surface area contributed by atoms with Crippen LogP contribution in [0.4, 0.5) is 11.4 Å². The molecule has 0 fully saturated rings. The van der Waals surface area contributed by atoms with E-state index in [1.165, 1.54) is 0 Å². The first-order valence-electron chi connectivity index (χ1n) is 7.25. The standard InChI is InChI=1S/C17H20N2O2S.Sr.Ti.2H/c1-3-20-15-9-5-13(6-10-15)18-17(22)19-14-7-11-16(12-8-14)21-4-2;;;;/h5-12H,3-4H2,1-2H3,(H2,18,19,22);;;;/q;+2;;2*-1. The second-order valence-electron chi connectivity index (χ2n) is 4.49. The van der Waals surface area contributed by atoms with Crippen molar-refractivity contribution < 1.29 is 34.0 Å². The molecule has 0 saturated heterocycles. The van der Waals surface area contributed by atoms with E-state index in [4.69, 9.17) is 21.7 Å². The average molecular weight is 454 g/mol. The molecule has 0 unspecified atom stereocenters. The first kappa shape index (κ1) is 23.9. The minimum Gasteiger partial charge on any atom is -1.00 e. The van der Waals surface area contributed by atoms with Crippen molar-refractivity contribution in [1.29, 1.82) is 0 Å². The van der Waals surface area contributed by atoms with Gasteiger partial charge in [-0.15, -0.1) is 0 Å². The minimum atomic E-state index is 0. The third kappa shape index (κ3) is 8.34. The first-order chi connectivity index (χ1) is 10.7. The van der Waals surface area contributed by atoms with E-state index in [0.29, 0.717) is 18.3 Å². The Labute approximate surface area is 203 Å². The number of anilines is 2. The van der Waals surface area contributed by atoms with Crippen molar-refractivity contribution in [3.8, 4) is 11.5 Å². The van der Waals surface area contributed by atoms with Gasteiger partial charge in [0.15, 0.2) is 5.11 Å². The Morgan fingerprint density at radius 2 is 1.17 bits per heavy atom. The van der Waals surface area contributed by atoms with Gasteiger partial charge in [0.25, 0.3) is 0 Å². The molecule has 0 aliphatic carbocycles. The van der Waals surface area contributed by atoms with Gasteiger partial charge in [-0.1, -0.05) is 0 Å². The van der Waals surface area contributed by atoms with Gasteiger partial charge in [-0.25, -0.2) is 0 Å². The van der Waals surface area contributed by atoms with Crippen molar-refractivity contribution in [3.63, 3.8) is 0 Å². The number of hydrogen-bond donors (Lipinski definition) is 2. The van der Waals surface area contributed by atoms with Crippen LogP contribution in [0.2, 0.25) is 0 Å². The summed E-state index contributed by atoms with van der Waals surface area (Å²) in [5.74, 6) is 1.69. The molecule has 4 nitrogen and oxygen atoms in total. The van der Waals surface area contributed by atoms with Gasteiger partial charge in [0.2, 0.25) is 0 Å². The zero-order chi connectivity index (χ0) is 15.8. The molecule has 0 bridgehead atoms. The van der Waals surface area contributed by atoms with E-state index in [-0.39, 0.29) is 70.1 Å². The molecule has 0 saturated carbocycles. The van der Waals surface area contributed by atoms with Crippen molar-refractivity contribution in [2.45, 2.75) is 13.8 Å². The van der Waals surface area contributed by atoms with E-state index < -0.39 is 0 Å². The van der Waals surface area contributed by atoms with E-state index in [1.54, 1.807) is 0 Å². The molecule has 0 heterocycles. The van der Waals surface area contributed by atoms with Gasteiger partial charge < -0.3 is 23.0 Å². The molecule has 0 spiro atoms. The monoisotopic (exact) mass is 454 g/mol. The van der Waals surface area contributed by atoms with Crippen molar-refractivity contribution in [2.75, 3.05) is 23.8 Å². The molecule has 0 amide bonds. The Balaban J connectivity index is -0.00000132. The zero-order valence-corrected chi connectivity index (χ0v) is 19.8. The predicted octanol–water partition coefficient (Wildman–Crippen LogP) is 4.13. The molecule has 2 N–H and O–H groups in total. The third-order valence-corrected chi connectivity index (χ3v) is 3.05. The predicted molar refractivity (Wildman–Crippen MR) is 103 cm³/mol. The van der Waals surface area contributed by atoms with E-state index in [9.17, 15) is 0 Å². The number of hydrogen-bond acceptors (Lipinski definition) is 3. The molecular weight excluding hydrogens is 432 g/mol. The largest absolute Gasteiger partial charge is 2.00 e. The number of benzene rings is 2. The molecule has 2 rings (SSSR count). The summed E-state index contributed by atoms with van der Waals surface area (Å²) in [7, 11) is 0. The van der Waals surface area contributed by atoms with Crippen LogP contribution in [0.3, 0.4) is 0 Å². The molecule has 124 valence electrons. The van der Waals surface area contributed by atoms with Gasteiger partial charge in [-0.2, -0.15) is 0 Å². The molecule has 0 atom stereocenters. The molecule has 24 heavy (non-hydrogen) atoms. The molecular formula is C17H22N2O2SSrTi. The maximum atomic E-state index is 5.40. The Morgan fingerprint density at radius 1 is 0.833 bits per heavy atom. The van der Waals surface area contributed by atoms with Crippen LogP contribution in [-0.4, -0.2) is 63.8 Å². The Morgan fingerprint density at radius 3 is 1.46 bits per heavy atom. The number of ether oxygens (including phenoxy) is 2. The van der Waals surface area contributed by atoms with Crippen molar-refractivity contribution >= 4 is 74.2 Å². The second kappa shape index (κ2) is 13.2. The van der Waals surface area contributed by atoms with Crippen LogP contribution in [0.5, 0.6) is 11.5 Å². The number of thiocarbonyl (C=S) groups is 1. The summed E-state index contributed by atoms with van der Waals surface area (Å²) in [6.45, 7) is 5.24. The maximum absolute atomic E-state index is 5.40. The fourth-order valence-electron chi connectivity index (χ4n) is 1.90. The summed E-state index contributed by atoms with van der Waals surface area (Å²) in [6, 6.07) is 15.3. The Bertz CT molecular complexity index is 566. The smallest absolute Gasteiger partial charge is 1.00 e. The fraction of sp³-hybridized carbons (Fsp3) is 0.235. The van der Waals surface area contributed by atoms with Crippen LogP contribution >= 0.6 is 12.2 Å². The van der Waals surface area contributed by atoms with Crippen LogP contribution in [0.15, 0.2) is 48.5 Å². The molecule has 7 heteroatoms.